The van der Waals surface area contributed by atoms with Crippen LogP contribution >= 0.6 is 22.6 Å². The molecule has 0 aliphatic rings. The third-order valence-electron chi connectivity index (χ3n) is 2.77. The zero-order valence-corrected chi connectivity index (χ0v) is 16.4. The first-order valence-corrected chi connectivity index (χ1v) is 11.8. The van der Waals surface area contributed by atoms with Gasteiger partial charge in [0.25, 0.3) is 0 Å². The molecule has 1 aromatic heterocycles. The van der Waals surface area contributed by atoms with Crippen LogP contribution in [0.5, 0.6) is 0 Å². The molecule has 20 heavy (non-hydrogen) atoms. The normalized spacial score (nSPS) is 12.8. The molecule has 0 radical (unpaired) electrons. The molecule has 0 aliphatic heterocycles. The molecule has 0 unspecified atom stereocenters. The van der Waals surface area contributed by atoms with Crippen LogP contribution in [0.15, 0.2) is 6.20 Å². The Morgan fingerprint density at radius 2 is 1.85 bits per heavy atom. The van der Waals surface area contributed by atoms with Crippen molar-refractivity contribution < 1.29 is 17.9 Å². The van der Waals surface area contributed by atoms with E-state index in [4.69, 9.17) is 4.74 Å². The molecule has 0 aromatic carbocycles. The number of methoxy groups -OCH3 is 1. The van der Waals surface area contributed by atoms with Gasteiger partial charge in [-0.25, -0.2) is 8.77 Å². The number of halogens is 1. The fraction of sp³-hybridized carbons (Fsp3) is 0.545. The van der Waals surface area contributed by atoms with Gasteiger partial charge < -0.3 is 4.74 Å². The van der Waals surface area contributed by atoms with Crippen LogP contribution in [0, 0.1) is 3.57 Å². The maximum absolute atomic E-state index is 12.4. The summed E-state index contributed by atoms with van der Waals surface area (Å²) in [4.78, 5) is 12.1. The van der Waals surface area contributed by atoms with Crippen molar-refractivity contribution in [2.45, 2.75) is 19.6 Å². The summed E-state index contributed by atoms with van der Waals surface area (Å²) in [6.07, 6.45) is 1.48. The number of carbonyl (C=O) groups excluding carboxylic acids is 1. The minimum absolute atomic E-state index is 0.116. The molecule has 114 valence electrons. The third kappa shape index (κ3) is 3.10. The van der Waals surface area contributed by atoms with Gasteiger partial charge in [0, 0.05) is 23.9 Å². The predicted octanol–water partition coefficient (Wildman–Crippen LogP) is 1.08. The average Bonchev–Trinajstić information content (AvgIpc) is 2.65. The Morgan fingerprint density at radius 1 is 1.35 bits per heavy atom. The molecule has 0 spiro atoms. The zero-order valence-electron chi connectivity index (χ0n) is 12.4. The Hall–Kier alpha value is -0.393. The van der Waals surface area contributed by atoms with E-state index in [9.17, 15) is 13.2 Å². The van der Waals surface area contributed by atoms with Crippen molar-refractivity contribution in [3.63, 3.8) is 0 Å². The molecule has 0 fully saturated rings. The Kier molecular flexibility index (Phi) is 5.10. The van der Waals surface area contributed by atoms with Gasteiger partial charge in [0.2, 0.25) is 0 Å². The highest BCUT2D eigenvalue weighted by Gasteiger charge is 2.34. The summed E-state index contributed by atoms with van der Waals surface area (Å²) in [5, 5.41) is 0.801. The highest BCUT2D eigenvalue weighted by atomic mass is 127. The van der Waals surface area contributed by atoms with Crippen LogP contribution in [-0.4, -0.2) is 51.9 Å². The molecule has 1 aromatic rings. The van der Waals surface area contributed by atoms with E-state index in [-0.39, 0.29) is 5.69 Å². The maximum atomic E-state index is 12.4. The number of esters is 1. The monoisotopic (exact) mass is 430 g/mol. The number of aromatic nitrogens is 1. The Balaban J connectivity index is 3.78. The number of carbonyl (C=O) groups is 1. The van der Waals surface area contributed by atoms with E-state index >= 15 is 0 Å². The first-order valence-electron chi connectivity index (χ1n) is 5.87. The highest BCUT2D eigenvalue weighted by molar-refractivity contribution is 14.1. The first kappa shape index (κ1) is 17.7. The smallest absolute Gasteiger partial charge is 0.355 e. The Morgan fingerprint density at radius 3 is 2.20 bits per heavy atom. The molecule has 0 amide bonds. The molecule has 0 saturated carbocycles. The van der Waals surface area contributed by atoms with Gasteiger partial charge in [-0.2, -0.15) is 12.7 Å². The van der Waals surface area contributed by atoms with Gasteiger partial charge in [-0.05, 0) is 27.8 Å². The van der Waals surface area contributed by atoms with E-state index in [2.05, 4.69) is 42.2 Å². The lowest BCUT2D eigenvalue weighted by Gasteiger charge is -2.19. The van der Waals surface area contributed by atoms with Crippen molar-refractivity contribution in [2.75, 3.05) is 21.2 Å². The molecule has 9 heteroatoms. The van der Waals surface area contributed by atoms with Gasteiger partial charge in [0.15, 0.2) is 0 Å². The summed E-state index contributed by atoms with van der Waals surface area (Å²) in [7, 11) is -1.56. The van der Waals surface area contributed by atoms with E-state index in [1.165, 1.54) is 27.4 Å². The van der Waals surface area contributed by atoms with E-state index in [0.29, 0.717) is 0 Å². The zero-order chi connectivity index (χ0) is 15.9. The van der Waals surface area contributed by atoms with E-state index in [1.54, 1.807) is 0 Å². The van der Waals surface area contributed by atoms with Crippen molar-refractivity contribution in [1.29, 1.82) is 0 Å². The standard InChI is InChI=1S/C11H19IN2O4SSi/c1-13(2)19(16,17)14-7-8(12)10(20(4,5)6)9(14)11(15)18-3/h7H,1-6H3. The predicted molar refractivity (Wildman–Crippen MR) is 89.5 cm³/mol. The summed E-state index contributed by atoms with van der Waals surface area (Å²) in [5.41, 5.74) is 0.116. The molecule has 0 saturated heterocycles. The number of nitrogens with zero attached hydrogens (tertiary/aromatic N) is 2. The Labute approximate surface area is 134 Å². The van der Waals surface area contributed by atoms with Crippen LogP contribution in [0.4, 0.5) is 0 Å². The van der Waals surface area contributed by atoms with Crippen molar-refractivity contribution in [3.05, 3.63) is 15.5 Å². The van der Waals surface area contributed by atoms with Gasteiger partial charge in [0.05, 0.1) is 15.2 Å². The summed E-state index contributed by atoms with van der Waals surface area (Å²) in [6.45, 7) is 6.18. The van der Waals surface area contributed by atoms with Gasteiger partial charge in [-0.1, -0.05) is 19.6 Å². The highest BCUT2D eigenvalue weighted by Crippen LogP contribution is 2.19. The van der Waals surface area contributed by atoms with Gasteiger partial charge in [0.1, 0.15) is 5.69 Å². The minimum atomic E-state index is -3.76. The minimum Gasteiger partial charge on any atom is -0.464 e. The lowest BCUT2D eigenvalue weighted by Crippen LogP contribution is -2.44. The third-order valence-corrected chi connectivity index (χ3v) is 7.81. The maximum Gasteiger partial charge on any atom is 0.355 e. The molecular formula is C11H19IN2O4SSi. The second-order valence-electron chi connectivity index (χ2n) is 5.53. The van der Waals surface area contributed by atoms with Crippen LogP contribution in [-0.2, 0) is 14.9 Å². The van der Waals surface area contributed by atoms with Crippen LogP contribution in [0.2, 0.25) is 19.6 Å². The van der Waals surface area contributed by atoms with Crippen molar-refractivity contribution in [2.24, 2.45) is 0 Å². The molecular weight excluding hydrogens is 411 g/mol. The molecule has 1 heterocycles. The molecule has 0 atom stereocenters. The number of hydrogen-bond acceptors (Lipinski definition) is 4. The van der Waals surface area contributed by atoms with Gasteiger partial charge in [-0.15, -0.1) is 0 Å². The number of ether oxygens (including phenoxy) is 1. The fourth-order valence-corrected chi connectivity index (χ4v) is 7.75. The summed E-state index contributed by atoms with van der Waals surface area (Å²) in [6, 6.07) is 0. The van der Waals surface area contributed by atoms with Crippen LogP contribution < -0.4 is 5.19 Å². The molecule has 0 aliphatic carbocycles. The first-order chi connectivity index (χ1) is 8.94. The van der Waals surface area contributed by atoms with Crippen molar-refractivity contribution >= 4 is 52.0 Å². The number of rotatable bonds is 4. The van der Waals surface area contributed by atoms with Crippen LogP contribution in [0.25, 0.3) is 0 Å². The van der Waals surface area contributed by atoms with E-state index < -0.39 is 24.3 Å². The lowest BCUT2D eigenvalue weighted by molar-refractivity contribution is 0.0594. The summed E-state index contributed by atoms with van der Waals surface area (Å²) in [5.74, 6) is -0.629. The molecule has 1 rings (SSSR count). The summed E-state index contributed by atoms with van der Waals surface area (Å²) >= 11 is 2.07. The SMILES string of the molecule is COC(=O)c1c([Si](C)(C)C)c(I)cn1S(=O)(=O)N(C)C. The molecule has 0 bridgehead atoms. The van der Waals surface area contributed by atoms with E-state index in [0.717, 1.165) is 17.0 Å². The summed E-state index contributed by atoms with van der Waals surface area (Å²) < 4.78 is 32.4. The molecule has 0 N–H and O–H groups in total. The van der Waals surface area contributed by atoms with Gasteiger partial charge in [-0.3, -0.25) is 0 Å². The lowest BCUT2D eigenvalue weighted by atomic mass is 10.4. The quantitative estimate of drug-likeness (QED) is 0.407. The number of hydrogen-bond donors (Lipinski definition) is 0. The van der Waals surface area contributed by atoms with Gasteiger partial charge >= 0.3 is 16.2 Å². The van der Waals surface area contributed by atoms with Crippen molar-refractivity contribution in [1.82, 2.24) is 8.28 Å². The second kappa shape index (κ2) is 5.77. The Bertz CT molecular complexity index is 632. The van der Waals surface area contributed by atoms with E-state index in [1.807, 2.05) is 0 Å². The van der Waals surface area contributed by atoms with Crippen molar-refractivity contribution in [3.8, 4) is 0 Å². The molecule has 6 nitrogen and oxygen atoms in total. The second-order valence-corrected chi connectivity index (χ2v) is 13.7. The van der Waals surface area contributed by atoms with Crippen LogP contribution in [0.1, 0.15) is 10.5 Å². The van der Waals surface area contributed by atoms with Crippen LogP contribution in [0.3, 0.4) is 0 Å². The topological polar surface area (TPSA) is 68.6 Å². The largest absolute Gasteiger partial charge is 0.464 e. The average molecular weight is 430 g/mol. The fourth-order valence-electron chi connectivity index (χ4n) is 1.82.